The number of carbonyl (C=O) groups excluding carboxylic acids is 2. The lowest BCUT2D eigenvalue weighted by Crippen LogP contribution is -2.40. The first-order chi connectivity index (χ1) is 10.8. The summed E-state index contributed by atoms with van der Waals surface area (Å²) in [5.74, 6) is 0. The molecule has 3 rings (SSSR count). The third-order valence-corrected chi connectivity index (χ3v) is 4.37. The number of nitrogens with zero attached hydrogens (tertiary/aromatic N) is 1. The fourth-order valence-electron chi connectivity index (χ4n) is 3.35. The summed E-state index contributed by atoms with van der Waals surface area (Å²) in [4.78, 5) is 27.9. The summed E-state index contributed by atoms with van der Waals surface area (Å²) in [6.45, 7) is 0.646. The number of hydrogen-bond donors (Lipinski definition) is 1. The van der Waals surface area contributed by atoms with Gasteiger partial charge in [0.05, 0.1) is 13.2 Å². The summed E-state index contributed by atoms with van der Waals surface area (Å²) >= 11 is 0. The molecule has 0 saturated carbocycles. The van der Waals surface area contributed by atoms with Crippen LogP contribution in [0, 0.1) is 0 Å². The number of aromatic amines is 1. The molecule has 5 nitrogen and oxygen atoms in total. The number of ether oxygens (including phenoxy) is 1. The largest absolute Gasteiger partial charge is 0.453 e. The Morgan fingerprint density at radius 3 is 3.05 bits per heavy atom. The summed E-state index contributed by atoms with van der Waals surface area (Å²) in [5.41, 5.74) is 3.47. The molecule has 0 unspecified atom stereocenters. The van der Waals surface area contributed by atoms with Crippen molar-refractivity contribution in [1.82, 2.24) is 9.88 Å². The Morgan fingerprint density at radius 1 is 1.45 bits per heavy atom. The van der Waals surface area contributed by atoms with Crippen LogP contribution in [-0.2, 0) is 16.0 Å². The van der Waals surface area contributed by atoms with Gasteiger partial charge < -0.3 is 14.5 Å². The lowest BCUT2D eigenvalue weighted by Gasteiger charge is -2.34. The van der Waals surface area contributed by atoms with Crippen LogP contribution >= 0.6 is 0 Å². The van der Waals surface area contributed by atoms with Crippen LogP contribution in [0.15, 0.2) is 24.3 Å². The van der Waals surface area contributed by atoms with Crippen LogP contribution in [0.25, 0.3) is 10.9 Å². The molecule has 0 aliphatic carbocycles. The molecule has 1 N–H and O–H groups in total. The monoisotopic (exact) mass is 300 g/mol. The van der Waals surface area contributed by atoms with Crippen molar-refractivity contribution in [1.29, 1.82) is 0 Å². The molecular weight excluding hydrogens is 280 g/mol. The number of H-pyrrole nitrogens is 1. The molecule has 1 aliphatic heterocycles. The number of nitrogens with one attached hydrogen (secondary N) is 1. The van der Waals surface area contributed by atoms with E-state index in [0.29, 0.717) is 13.0 Å². The maximum Gasteiger partial charge on any atom is 0.410 e. The van der Waals surface area contributed by atoms with E-state index in [0.717, 1.165) is 36.8 Å². The summed E-state index contributed by atoms with van der Waals surface area (Å²) in [5, 5.41) is 1.22. The summed E-state index contributed by atoms with van der Waals surface area (Å²) in [6, 6.07) is 8.15. The molecular formula is C17H20N2O3. The van der Waals surface area contributed by atoms with Crippen LogP contribution < -0.4 is 0 Å². The van der Waals surface area contributed by atoms with E-state index in [9.17, 15) is 9.59 Å². The van der Waals surface area contributed by atoms with Gasteiger partial charge in [0, 0.05) is 29.6 Å². The second kappa shape index (κ2) is 6.22. The number of fused-ring (bicyclic) bond motifs is 3. The van der Waals surface area contributed by atoms with Gasteiger partial charge in [-0.25, -0.2) is 4.79 Å². The van der Waals surface area contributed by atoms with Crippen molar-refractivity contribution in [3.05, 3.63) is 35.5 Å². The first kappa shape index (κ1) is 14.6. The minimum absolute atomic E-state index is 0.0523. The number of rotatable bonds is 4. The van der Waals surface area contributed by atoms with Crippen LogP contribution in [0.5, 0.6) is 0 Å². The molecule has 2 aromatic rings. The zero-order valence-electron chi connectivity index (χ0n) is 12.7. The van der Waals surface area contributed by atoms with E-state index in [1.165, 1.54) is 18.1 Å². The van der Waals surface area contributed by atoms with Crippen LogP contribution in [0.2, 0.25) is 0 Å². The number of unbranched alkanes of at least 4 members (excludes halogenated alkanes) is 1. The standard InChI is InChI=1S/C17H20N2O3/c1-22-17(21)19-10-9-13-12-6-2-3-7-14(12)18-16(13)15(19)8-4-5-11-20/h2-3,6-7,11,15,18H,4-5,8-10H2,1H3/t15-/m1/s1. The van der Waals surface area contributed by atoms with E-state index < -0.39 is 0 Å². The Labute approximate surface area is 129 Å². The molecule has 0 bridgehead atoms. The Bertz CT molecular complexity index is 692. The lowest BCUT2D eigenvalue weighted by atomic mass is 9.94. The summed E-state index contributed by atoms with van der Waals surface area (Å²) in [6.07, 6.45) is 3.47. The van der Waals surface area contributed by atoms with Crippen molar-refractivity contribution >= 4 is 23.3 Å². The van der Waals surface area contributed by atoms with Crippen LogP contribution in [0.4, 0.5) is 4.79 Å². The van der Waals surface area contributed by atoms with Crippen molar-refractivity contribution < 1.29 is 14.3 Å². The third-order valence-electron chi connectivity index (χ3n) is 4.37. The van der Waals surface area contributed by atoms with E-state index in [2.05, 4.69) is 17.1 Å². The molecule has 1 aromatic heterocycles. The highest BCUT2D eigenvalue weighted by Crippen LogP contribution is 2.37. The third kappa shape index (κ3) is 2.47. The molecule has 1 aromatic carbocycles. The molecule has 0 saturated heterocycles. The number of carbonyl (C=O) groups is 2. The van der Waals surface area contributed by atoms with Crippen LogP contribution in [-0.4, -0.2) is 35.9 Å². The average Bonchev–Trinajstić information content (AvgIpc) is 2.93. The average molecular weight is 300 g/mol. The highest BCUT2D eigenvalue weighted by molar-refractivity contribution is 5.85. The van der Waals surface area contributed by atoms with Gasteiger partial charge in [0.15, 0.2) is 0 Å². The van der Waals surface area contributed by atoms with Crippen LogP contribution in [0.3, 0.4) is 0 Å². The molecule has 1 aliphatic rings. The Kier molecular flexibility index (Phi) is 4.13. The Hall–Kier alpha value is -2.30. The van der Waals surface area contributed by atoms with Gasteiger partial charge in [0.1, 0.15) is 6.29 Å². The maximum absolute atomic E-state index is 12.1. The normalized spacial score (nSPS) is 17.3. The van der Waals surface area contributed by atoms with Crippen molar-refractivity contribution in [2.24, 2.45) is 0 Å². The van der Waals surface area contributed by atoms with Gasteiger partial charge in [-0.2, -0.15) is 0 Å². The number of benzene rings is 1. The molecule has 0 spiro atoms. The molecule has 1 atom stereocenters. The topological polar surface area (TPSA) is 62.4 Å². The number of aromatic nitrogens is 1. The van der Waals surface area contributed by atoms with Crippen molar-refractivity contribution in [3.63, 3.8) is 0 Å². The van der Waals surface area contributed by atoms with Gasteiger partial charge in [0.25, 0.3) is 0 Å². The summed E-state index contributed by atoms with van der Waals surface area (Å²) in [7, 11) is 1.41. The van der Waals surface area contributed by atoms with Crippen molar-refractivity contribution in [2.75, 3.05) is 13.7 Å². The van der Waals surface area contributed by atoms with Gasteiger partial charge in [-0.15, -0.1) is 0 Å². The molecule has 1 amide bonds. The van der Waals surface area contributed by atoms with Gasteiger partial charge in [-0.3, -0.25) is 4.90 Å². The number of hydrogen-bond acceptors (Lipinski definition) is 3. The highest BCUT2D eigenvalue weighted by atomic mass is 16.5. The Balaban J connectivity index is 1.99. The number of aldehydes is 1. The summed E-state index contributed by atoms with van der Waals surface area (Å²) < 4.78 is 4.92. The van der Waals surface area contributed by atoms with Gasteiger partial charge in [-0.1, -0.05) is 18.2 Å². The number of amides is 1. The minimum atomic E-state index is -0.305. The quantitative estimate of drug-likeness (QED) is 0.696. The lowest BCUT2D eigenvalue weighted by molar-refractivity contribution is -0.108. The highest BCUT2D eigenvalue weighted by Gasteiger charge is 2.33. The van der Waals surface area contributed by atoms with Crippen LogP contribution in [0.1, 0.15) is 36.6 Å². The van der Waals surface area contributed by atoms with Crippen molar-refractivity contribution in [3.8, 4) is 0 Å². The smallest absolute Gasteiger partial charge is 0.410 e. The first-order valence-corrected chi connectivity index (χ1v) is 7.64. The first-order valence-electron chi connectivity index (χ1n) is 7.64. The number of methoxy groups -OCH3 is 1. The maximum atomic E-state index is 12.1. The fraction of sp³-hybridized carbons (Fsp3) is 0.412. The predicted molar refractivity (Wildman–Crippen MR) is 83.8 cm³/mol. The molecule has 22 heavy (non-hydrogen) atoms. The second-order valence-corrected chi connectivity index (χ2v) is 5.59. The molecule has 0 fully saturated rings. The van der Waals surface area contributed by atoms with E-state index in [1.807, 2.05) is 12.1 Å². The van der Waals surface area contributed by atoms with Gasteiger partial charge in [-0.05, 0) is 30.9 Å². The second-order valence-electron chi connectivity index (χ2n) is 5.59. The number of para-hydroxylation sites is 1. The van der Waals surface area contributed by atoms with Crippen molar-refractivity contribution in [2.45, 2.75) is 31.7 Å². The fourth-order valence-corrected chi connectivity index (χ4v) is 3.35. The van der Waals surface area contributed by atoms with E-state index in [1.54, 1.807) is 4.90 Å². The minimum Gasteiger partial charge on any atom is -0.453 e. The van der Waals surface area contributed by atoms with E-state index in [-0.39, 0.29) is 12.1 Å². The Morgan fingerprint density at radius 2 is 2.27 bits per heavy atom. The molecule has 2 heterocycles. The SMILES string of the molecule is COC(=O)N1CCc2c([nH]c3ccccc23)[C@H]1CCCC=O. The van der Waals surface area contributed by atoms with Gasteiger partial charge >= 0.3 is 6.09 Å². The molecule has 116 valence electrons. The predicted octanol–water partition coefficient (Wildman–Crippen LogP) is 3.20. The zero-order chi connectivity index (χ0) is 15.5. The van der Waals surface area contributed by atoms with E-state index >= 15 is 0 Å². The van der Waals surface area contributed by atoms with E-state index in [4.69, 9.17) is 4.74 Å². The molecule has 5 heteroatoms. The van der Waals surface area contributed by atoms with Gasteiger partial charge in [0.2, 0.25) is 0 Å². The molecule has 0 radical (unpaired) electrons. The zero-order valence-corrected chi connectivity index (χ0v) is 12.7.